The van der Waals surface area contributed by atoms with E-state index >= 15 is 0 Å². The number of hydrogen-bond donors (Lipinski definition) is 2. The van der Waals surface area contributed by atoms with Gasteiger partial charge < -0.3 is 15.6 Å². The average molecular weight is 393 g/mol. The maximum absolute atomic E-state index is 9.43. The van der Waals surface area contributed by atoms with Gasteiger partial charge in [0.05, 0.1) is 11.5 Å². The van der Waals surface area contributed by atoms with Crippen molar-refractivity contribution in [3.05, 3.63) is 54.1 Å². The first-order valence-electron chi connectivity index (χ1n) is 10.2. The number of fused-ring (bicyclic) bond motifs is 1. The van der Waals surface area contributed by atoms with Crippen LogP contribution in [-0.2, 0) is 0 Å². The van der Waals surface area contributed by atoms with Crippen molar-refractivity contribution in [2.45, 2.75) is 57.5 Å². The lowest BCUT2D eigenvalue weighted by molar-refractivity contribution is 0.171. The lowest BCUT2D eigenvalue weighted by Gasteiger charge is -2.32. The van der Waals surface area contributed by atoms with Crippen LogP contribution in [0.5, 0.6) is 5.88 Å². The Kier molecular flexibility index (Phi) is 5.03. The molecule has 152 valence electrons. The molecule has 6 nitrogen and oxygen atoms in total. The summed E-state index contributed by atoms with van der Waals surface area (Å²) in [5, 5.41) is 9.43. The molecule has 1 saturated carbocycles. The number of aliphatic hydroxyl groups excluding tert-OH is 1. The van der Waals surface area contributed by atoms with E-state index in [1.54, 1.807) is 0 Å². The van der Waals surface area contributed by atoms with Gasteiger partial charge in [-0.05, 0) is 56.9 Å². The lowest BCUT2D eigenvalue weighted by atomic mass is 9.77. The predicted molar refractivity (Wildman–Crippen MR) is 115 cm³/mol. The fraction of sp³-hybridized carbons (Fsp3) is 0.435. The zero-order valence-corrected chi connectivity index (χ0v) is 17.1. The smallest absolute Gasteiger partial charge is 0.246 e. The molecule has 1 aliphatic heterocycles. The molecule has 1 fully saturated rings. The fourth-order valence-electron chi connectivity index (χ4n) is 4.45. The van der Waals surface area contributed by atoms with Gasteiger partial charge in [0, 0.05) is 12.0 Å². The first kappa shape index (κ1) is 19.4. The molecule has 6 heteroatoms. The van der Waals surface area contributed by atoms with Gasteiger partial charge in [-0.25, -0.2) is 9.98 Å². The quantitative estimate of drug-likeness (QED) is 0.707. The van der Waals surface area contributed by atoms with E-state index in [2.05, 4.69) is 40.8 Å². The predicted octanol–water partition coefficient (Wildman–Crippen LogP) is 5.09. The topological polar surface area (TPSA) is 93.6 Å². The normalized spacial score (nSPS) is 22.9. The summed E-state index contributed by atoms with van der Waals surface area (Å²) in [4.78, 5) is 12.9. The van der Waals surface area contributed by atoms with Crippen molar-refractivity contribution in [3.8, 4) is 5.88 Å². The number of nitrogens with two attached hydrogens (primary N) is 1. The van der Waals surface area contributed by atoms with Crippen LogP contribution in [0.3, 0.4) is 0 Å². The number of aliphatic imine (C=N–C) groups is 1. The average Bonchev–Trinajstić information content (AvgIpc) is 2.67. The highest BCUT2D eigenvalue weighted by Crippen LogP contribution is 2.40. The summed E-state index contributed by atoms with van der Waals surface area (Å²) in [5.41, 5.74) is 9.05. The van der Waals surface area contributed by atoms with Crippen LogP contribution in [-0.4, -0.2) is 26.4 Å². The molecular weight excluding hydrogens is 364 g/mol. The van der Waals surface area contributed by atoms with E-state index in [9.17, 15) is 5.11 Å². The molecule has 2 aromatic rings. The molecule has 0 unspecified atom stereocenters. The number of allylic oxidation sites excluding steroid dienone is 1. The van der Waals surface area contributed by atoms with E-state index < -0.39 is 5.60 Å². The number of nitrogens with zero attached hydrogens (tertiary/aromatic N) is 3. The van der Waals surface area contributed by atoms with E-state index in [1.807, 2.05) is 13.8 Å². The number of rotatable bonds is 4. The van der Waals surface area contributed by atoms with Gasteiger partial charge in [-0.1, -0.05) is 30.8 Å². The summed E-state index contributed by atoms with van der Waals surface area (Å²) in [6.07, 6.45) is 6.69. The van der Waals surface area contributed by atoms with Crippen LogP contribution >= 0.6 is 0 Å². The molecule has 0 bridgehead atoms. The Morgan fingerprint density at radius 2 is 1.86 bits per heavy atom. The molecule has 0 spiro atoms. The molecule has 1 aromatic heterocycles. The third-order valence-electron chi connectivity index (χ3n) is 5.99. The van der Waals surface area contributed by atoms with Crippen molar-refractivity contribution in [2.75, 3.05) is 5.73 Å². The van der Waals surface area contributed by atoms with E-state index in [1.165, 1.54) is 11.9 Å². The van der Waals surface area contributed by atoms with Crippen molar-refractivity contribution < 1.29 is 9.84 Å². The monoisotopic (exact) mass is 392 g/mol. The van der Waals surface area contributed by atoms with Crippen molar-refractivity contribution in [2.24, 2.45) is 10.9 Å². The van der Waals surface area contributed by atoms with Gasteiger partial charge in [-0.2, -0.15) is 4.98 Å². The molecule has 2 aliphatic rings. The summed E-state index contributed by atoms with van der Waals surface area (Å²) in [5.74, 6) is 2.18. The summed E-state index contributed by atoms with van der Waals surface area (Å²) < 4.78 is 6.07. The number of anilines is 1. The summed E-state index contributed by atoms with van der Waals surface area (Å²) >= 11 is 0. The highest BCUT2D eigenvalue weighted by molar-refractivity contribution is 6.09. The fourth-order valence-corrected chi connectivity index (χ4v) is 4.45. The maximum Gasteiger partial charge on any atom is 0.246 e. The molecule has 0 saturated heterocycles. The van der Waals surface area contributed by atoms with Gasteiger partial charge in [0.1, 0.15) is 11.9 Å². The highest BCUT2D eigenvalue weighted by Gasteiger charge is 2.35. The minimum Gasteiger partial charge on any atom is -0.513 e. The SMILES string of the molecule is C=C(O)CC1CCC(c2ccc(C3=Nc4c(N)ncnc4OC3(C)C)cc2)CC1. The number of hydrogen-bond acceptors (Lipinski definition) is 6. The first-order valence-corrected chi connectivity index (χ1v) is 10.2. The first-order chi connectivity index (χ1) is 13.8. The molecule has 0 radical (unpaired) electrons. The van der Waals surface area contributed by atoms with Gasteiger partial charge in [0.25, 0.3) is 0 Å². The van der Waals surface area contributed by atoms with Crippen molar-refractivity contribution in [3.63, 3.8) is 0 Å². The minimum absolute atomic E-state index is 0.309. The van der Waals surface area contributed by atoms with Crippen LogP contribution in [0.15, 0.2) is 47.9 Å². The van der Waals surface area contributed by atoms with E-state index in [-0.39, 0.29) is 0 Å². The zero-order chi connectivity index (χ0) is 20.6. The van der Waals surface area contributed by atoms with E-state index in [0.717, 1.165) is 43.4 Å². The second-order valence-corrected chi connectivity index (χ2v) is 8.60. The van der Waals surface area contributed by atoms with Crippen LogP contribution in [0, 0.1) is 5.92 Å². The zero-order valence-electron chi connectivity index (χ0n) is 17.1. The molecule has 3 N–H and O–H groups in total. The lowest BCUT2D eigenvalue weighted by Crippen LogP contribution is -2.41. The highest BCUT2D eigenvalue weighted by atomic mass is 16.5. The molecule has 29 heavy (non-hydrogen) atoms. The second kappa shape index (κ2) is 7.50. The number of ether oxygens (including phenoxy) is 1. The molecule has 4 rings (SSSR count). The van der Waals surface area contributed by atoms with Crippen LogP contribution < -0.4 is 10.5 Å². The van der Waals surface area contributed by atoms with E-state index in [0.29, 0.717) is 35.0 Å². The van der Waals surface area contributed by atoms with Crippen LogP contribution in [0.1, 0.15) is 63.0 Å². The van der Waals surface area contributed by atoms with Gasteiger partial charge in [0.15, 0.2) is 11.5 Å². The third kappa shape index (κ3) is 3.97. The largest absolute Gasteiger partial charge is 0.513 e. The number of nitrogen functional groups attached to an aromatic ring is 1. The minimum atomic E-state index is -0.611. The Hall–Kier alpha value is -2.89. The molecular formula is C23H28N4O2. The standard InChI is InChI=1S/C23H28N4O2/c1-14(28)12-15-4-6-16(7-5-15)17-8-10-18(11-9-17)20-23(2,3)29-22-19(27-20)21(24)25-13-26-22/h8-11,13,15-16,28H,1,4-7,12H2,2-3H3,(H2,24,25,26). The maximum atomic E-state index is 9.43. The Morgan fingerprint density at radius 3 is 2.52 bits per heavy atom. The van der Waals surface area contributed by atoms with Crippen molar-refractivity contribution in [1.29, 1.82) is 0 Å². The van der Waals surface area contributed by atoms with Crippen LogP contribution in [0.2, 0.25) is 0 Å². The summed E-state index contributed by atoms with van der Waals surface area (Å²) in [6.45, 7) is 7.60. The second-order valence-electron chi connectivity index (χ2n) is 8.60. The Balaban J connectivity index is 1.54. The molecule has 1 aromatic carbocycles. The number of aliphatic hydroxyl groups is 1. The summed E-state index contributed by atoms with van der Waals surface area (Å²) in [6, 6.07) is 8.63. The molecule has 2 heterocycles. The van der Waals surface area contributed by atoms with E-state index in [4.69, 9.17) is 15.5 Å². The number of benzene rings is 1. The Morgan fingerprint density at radius 1 is 1.17 bits per heavy atom. The Labute approximate surface area is 171 Å². The van der Waals surface area contributed by atoms with Crippen LogP contribution in [0.4, 0.5) is 11.5 Å². The third-order valence-corrected chi connectivity index (χ3v) is 5.99. The molecule has 0 amide bonds. The molecule has 1 aliphatic carbocycles. The molecule has 0 atom stereocenters. The van der Waals surface area contributed by atoms with Gasteiger partial charge in [0.2, 0.25) is 5.88 Å². The van der Waals surface area contributed by atoms with Crippen LogP contribution in [0.25, 0.3) is 0 Å². The van der Waals surface area contributed by atoms with Gasteiger partial charge in [-0.3, -0.25) is 0 Å². The summed E-state index contributed by atoms with van der Waals surface area (Å²) in [7, 11) is 0. The number of aromatic nitrogens is 2. The Bertz CT molecular complexity index is 942. The van der Waals surface area contributed by atoms with Crippen molar-refractivity contribution in [1.82, 2.24) is 9.97 Å². The van der Waals surface area contributed by atoms with Gasteiger partial charge in [-0.15, -0.1) is 0 Å². The van der Waals surface area contributed by atoms with Crippen molar-refractivity contribution >= 4 is 17.2 Å². The van der Waals surface area contributed by atoms with Gasteiger partial charge >= 0.3 is 0 Å².